The summed E-state index contributed by atoms with van der Waals surface area (Å²) in [5, 5.41) is 23.6. The third-order valence-electron chi connectivity index (χ3n) is 3.46. The van der Waals surface area contributed by atoms with Crippen molar-refractivity contribution in [3.63, 3.8) is 0 Å². The van der Waals surface area contributed by atoms with E-state index in [-0.39, 0.29) is 24.6 Å². The van der Waals surface area contributed by atoms with Gasteiger partial charge in [-0.05, 0) is 31.0 Å². The van der Waals surface area contributed by atoms with Gasteiger partial charge in [-0.2, -0.15) is 5.26 Å². The molecule has 1 aliphatic rings. The molecule has 1 aliphatic carbocycles. The first-order chi connectivity index (χ1) is 9.22. The highest BCUT2D eigenvalue weighted by atomic mass is 16.3. The Hall–Kier alpha value is -2.06. The second-order valence-electron chi connectivity index (χ2n) is 4.77. The number of nitrogens with zero attached hydrogens (tertiary/aromatic N) is 1. The molecule has 5 nitrogen and oxygen atoms in total. The van der Waals surface area contributed by atoms with E-state index in [9.17, 15) is 9.90 Å². The molecule has 1 aromatic carbocycles. The van der Waals surface area contributed by atoms with Gasteiger partial charge in [-0.25, -0.2) is 4.79 Å². The molecule has 1 aromatic rings. The van der Waals surface area contributed by atoms with Gasteiger partial charge in [-0.1, -0.05) is 12.5 Å². The average molecular weight is 259 g/mol. The minimum Gasteiger partial charge on any atom is -0.396 e. The van der Waals surface area contributed by atoms with Crippen molar-refractivity contribution in [3.05, 3.63) is 29.8 Å². The molecule has 1 fully saturated rings. The lowest BCUT2D eigenvalue weighted by Crippen LogP contribution is -2.41. The highest BCUT2D eigenvalue weighted by Crippen LogP contribution is 2.25. The van der Waals surface area contributed by atoms with E-state index in [0.717, 1.165) is 19.3 Å². The van der Waals surface area contributed by atoms with Crippen molar-refractivity contribution in [2.75, 3.05) is 11.9 Å². The first-order valence-electron chi connectivity index (χ1n) is 6.41. The van der Waals surface area contributed by atoms with E-state index in [1.807, 2.05) is 6.07 Å². The highest BCUT2D eigenvalue weighted by molar-refractivity contribution is 5.89. The van der Waals surface area contributed by atoms with Crippen molar-refractivity contribution in [1.29, 1.82) is 5.26 Å². The van der Waals surface area contributed by atoms with E-state index in [0.29, 0.717) is 11.3 Å². The van der Waals surface area contributed by atoms with E-state index < -0.39 is 0 Å². The number of nitrogens with one attached hydrogen (secondary N) is 2. The molecule has 2 rings (SSSR count). The smallest absolute Gasteiger partial charge is 0.319 e. The summed E-state index contributed by atoms with van der Waals surface area (Å²) in [6.07, 6.45) is 2.88. The fraction of sp³-hybridized carbons (Fsp3) is 0.429. The summed E-state index contributed by atoms with van der Waals surface area (Å²) < 4.78 is 0. The first-order valence-corrected chi connectivity index (χ1v) is 6.41. The molecule has 1 saturated carbocycles. The molecular weight excluding hydrogens is 242 g/mol. The zero-order valence-corrected chi connectivity index (χ0v) is 10.6. The van der Waals surface area contributed by atoms with Crippen LogP contribution in [0.15, 0.2) is 24.3 Å². The van der Waals surface area contributed by atoms with Crippen LogP contribution in [0.1, 0.15) is 24.8 Å². The largest absolute Gasteiger partial charge is 0.396 e. The SMILES string of the molecule is N#Cc1cccc(NC(=O)NC2CCCC2CO)c1. The number of anilines is 1. The zero-order valence-electron chi connectivity index (χ0n) is 10.6. The Balaban J connectivity index is 1.92. The van der Waals surface area contributed by atoms with Gasteiger partial charge >= 0.3 is 6.03 Å². The van der Waals surface area contributed by atoms with Crippen LogP contribution in [0.2, 0.25) is 0 Å². The predicted molar refractivity (Wildman–Crippen MR) is 71.5 cm³/mol. The number of nitriles is 1. The Labute approximate surface area is 112 Å². The number of carbonyl (C=O) groups excluding carboxylic acids is 1. The van der Waals surface area contributed by atoms with Gasteiger partial charge in [0.05, 0.1) is 11.6 Å². The lowest BCUT2D eigenvalue weighted by molar-refractivity contribution is 0.203. The number of aliphatic hydroxyl groups is 1. The summed E-state index contributed by atoms with van der Waals surface area (Å²) in [5.41, 5.74) is 1.10. The molecule has 0 heterocycles. The number of rotatable bonds is 3. The van der Waals surface area contributed by atoms with Gasteiger partial charge in [0.25, 0.3) is 0 Å². The van der Waals surface area contributed by atoms with Crippen LogP contribution in [0.5, 0.6) is 0 Å². The normalized spacial score (nSPS) is 21.7. The number of hydrogen-bond donors (Lipinski definition) is 3. The molecule has 19 heavy (non-hydrogen) atoms. The quantitative estimate of drug-likeness (QED) is 0.774. The summed E-state index contributed by atoms with van der Waals surface area (Å²) in [6.45, 7) is 0.106. The van der Waals surface area contributed by atoms with Gasteiger partial charge in [-0.15, -0.1) is 0 Å². The average Bonchev–Trinajstić information content (AvgIpc) is 2.86. The van der Waals surface area contributed by atoms with Crippen LogP contribution in [-0.4, -0.2) is 23.8 Å². The third kappa shape index (κ3) is 3.46. The summed E-state index contributed by atoms with van der Waals surface area (Å²) in [7, 11) is 0. The van der Waals surface area contributed by atoms with E-state index >= 15 is 0 Å². The second-order valence-corrected chi connectivity index (χ2v) is 4.77. The van der Waals surface area contributed by atoms with E-state index in [4.69, 9.17) is 5.26 Å². The van der Waals surface area contributed by atoms with Gasteiger partial charge < -0.3 is 15.7 Å². The number of carbonyl (C=O) groups is 1. The number of amides is 2. The maximum absolute atomic E-state index is 11.8. The van der Waals surface area contributed by atoms with Crippen LogP contribution in [0.4, 0.5) is 10.5 Å². The Kier molecular flexibility index (Phi) is 4.37. The molecule has 5 heteroatoms. The fourth-order valence-electron chi connectivity index (χ4n) is 2.45. The van der Waals surface area contributed by atoms with Gasteiger partial charge in [0.1, 0.15) is 0 Å². The van der Waals surface area contributed by atoms with Crippen molar-refractivity contribution in [1.82, 2.24) is 5.32 Å². The summed E-state index contributed by atoms with van der Waals surface area (Å²) in [6, 6.07) is 8.53. The molecule has 0 aromatic heterocycles. The monoisotopic (exact) mass is 259 g/mol. The molecule has 0 aliphatic heterocycles. The molecule has 2 amide bonds. The second kappa shape index (κ2) is 6.21. The molecular formula is C14H17N3O2. The van der Waals surface area contributed by atoms with E-state index in [2.05, 4.69) is 10.6 Å². The Morgan fingerprint density at radius 3 is 3.05 bits per heavy atom. The van der Waals surface area contributed by atoms with Crippen LogP contribution in [0.25, 0.3) is 0 Å². The molecule has 0 radical (unpaired) electrons. The fourth-order valence-corrected chi connectivity index (χ4v) is 2.45. The van der Waals surface area contributed by atoms with E-state index in [1.54, 1.807) is 24.3 Å². The molecule has 0 saturated heterocycles. The van der Waals surface area contributed by atoms with Crippen LogP contribution < -0.4 is 10.6 Å². The van der Waals surface area contributed by atoms with Gasteiger partial charge in [0, 0.05) is 24.3 Å². The summed E-state index contributed by atoms with van der Waals surface area (Å²) in [5.74, 6) is 0.149. The Morgan fingerprint density at radius 1 is 1.47 bits per heavy atom. The molecule has 100 valence electrons. The maximum Gasteiger partial charge on any atom is 0.319 e. The number of benzene rings is 1. The van der Waals surface area contributed by atoms with Crippen LogP contribution in [-0.2, 0) is 0 Å². The lowest BCUT2D eigenvalue weighted by Gasteiger charge is -2.19. The molecule has 2 atom stereocenters. The molecule has 0 bridgehead atoms. The Bertz CT molecular complexity index is 496. The summed E-state index contributed by atoms with van der Waals surface area (Å²) >= 11 is 0. The van der Waals surface area contributed by atoms with Crippen molar-refractivity contribution >= 4 is 11.7 Å². The van der Waals surface area contributed by atoms with Crippen LogP contribution >= 0.6 is 0 Å². The number of hydrogen-bond acceptors (Lipinski definition) is 3. The van der Waals surface area contributed by atoms with Crippen molar-refractivity contribution in [2.45, 2.75) is 25.3 Å². The van der Waals surface area contributed by atoms with Crippen molar-refractivity contribution in [2.24, 2.45) is 5.92 Å². The van der Waals surface area contributed by atoms with E-state index in [1.165, 1.54) is 0 Å². The minimum atomic E-state index is -0.291. The van der Waals surface area contributed by atoms with Gasteiger partial charge in [0.15, 0.2) is 0 Å². The topological polar surface area (TPSA) is 85.2 Å². The van der Waals surface area contributed by atoms with Crippen LogP contribution in [0.3, 0.4) is 0 Å². The third-order valence-corrected chi connectivity index (χ3v) is 3.46. The number of urea groups is 1. The molecule has 0 spiro atoms. The van der Waals surface area contributed by atoms with Crippen LogP contribution in [0, 0.1) is 17.2 Å². The van der Waals surface area contributed by atoms with Gasteiger partial charge in [-0.3, -0.25) is 0 Å². The van der Waals surface area contributed by atoms with Gasteiger partial charge in [0.2, 0.25) is 0 Å². The predicted octanol–water partition coefficient (Wildman–Crippen LogP) is 1.84. The van der Waals surface area contributed by atoms with Crippen molar-refractivity contribution in [3.8, 4) is 6.07 Å². The van der Waals surface area contributed by atoms with Crippen molar-refractivity contribution < 1.29 is 9.90 Å². The highest BCUT2D eigenvalue weighted by Gasteiger charge is 2.27. The lowest BCUT2D eigenvalue weighted by atomic mass is 10.1. The molecule has 3 N–H and O–H groups in total. The maximum atomic E-state index is 11.8. The minimum absolute atomic E-state index is 0.0316. The number of aliphatic hydroxyl groups excluding tert-OH is 1. The first kappa shape index (κ1) is 13.4. The standard InChI is InChI=1S/C14H17N3O2/c15-8-10-3-1-5-12(7-10)16-14(19)17-13-6-2-4-11(13)9-18/h1,3,5,7,11,13,18H,2,4,6,9H2,(H2,16,17,19). The Morgan fingerprint density at radius 2 is 2.32 bits per heavy atom. The molecule has 2 unspecified atom stereocenters. The zero-order chi connectivity index (χ0) is 13.7. The summed E-state index contributed by atoms with van der Waals surface area (Å²) in [4.78, 5) is 11.8.